The molecule has 0 unspecified atom stereocenters. The largest absolute Gasteiger partial charge is 0.223 e. The zero-order valence-corrected chi connectivity index (χ0v) is 13.5. The van der Waals surface area contributed by atoms with Crippen molar-refractivity contribution in [2.75, 3.05) is 13.1 Å². The molecule has 1 heterocycles. The van der Waals surface area contributed by atoms with Gasteiger partial charge in [-0.3, -0.25) is 0 Å². The molecule has 8 heteroatoms. The lowest BCUT2D eigenvalue weighted by Crippen LogP contribution is -2.58. The summed E-state index contributed by atoms with van der Waals surface area (Å²) in [5.41, 5.74) is 0. The van der Waals surface area contributed by atoms with Crippen molar-refractivity contribution in [3.8, 4) is 0 Å². The summed E-state index contributed by atoms with van der Waals surface area (Å²) in [6.07, 6.45) is 0. The van der Waals surface area contributed by atoms with E-state index in [0.29, 0.717) is 5.02 Å². The number of hydrogen-bond donors (Lipinski definition) is 0. The number of hydrogen-bond acceptors (Lipinski definition) is 4. The summed E-state index contributed by atoms with van der Waals surface area (Å²) >= 11 is 5.72. The van der Waals surface area contributed by atoms with Crippen molar-refractivity contribution in [2.45, 2.75) is 29.2 Å². The number of rotatable bonds is 4. The van der Waals surface area contributed by atoms with Crippen molar-refractivity contribution in [3.63, 3.8) is 0 Å². The van der Waals surface area contributed by atoms with E-state index in [0.717, 1.165) is 0 Å². The van der Waals surface area contributed by atoms with Gasteiger partial charge < -0.3 is 0 Å². The van der Waals surface area contributed by atoms with Gasteiger partial charge >= 0.3 is 0 Å². The van der Waals surface area contributed by atoms with Crippen LogP contribution in [0.25, 0.3) is 0 Å². The van der Waals surface area contributed by atoms with Crippen LogP contribution in [0.15, 0.2) is 29.2 Å². The molecule has 0 bridgehead atoms. The molecule has 0 aromatic heterocycles. The Labute approximate surface area is 124 Å². The smallest absolute Gasteiger partial charge is 0.216 e. The summed E-state index contributed by atoms with van der Waals surface area (Å²) in [5, 5.41) is -0.763. The second-order valence-corrected chi connectivity index (χ2v) is 10.2. The molecule has 5 nitrogen and oxygen atoms in total. The minimum atomic E-state index is -3.50. The van der Waals surface area contributed by atoms with E-state index in [2.05, 4.69) is 0 Å². The lowest BCUT2D eigenvalue weighted by atomic mass is 10.3. The summed E-state index contributed by atoms with van der Waals surface area (Å²) in [6.45, 7) is 3.20. The molecular weight excluding hydrogens is 322 g/mol. The van der Waals surface area contributed by atoms with E-state index in [9.17, 15) is 16.8 Å². The molecule has 20 heavy (non-hydrogen) atoms. The van der Waals surface area contributed by atoms with Crippen LogP contribution >= 0.6 is 11.6 Å². The molecule has 2 rings (SSSR count). The van der Waals surface area contributed by atoms with Crippen LogP contribution in [-0.2, 0) is 19.9 Å². The molecule has 0 saturated carbocycles. The number of nitrogens with zero attached hydrogens (tertiary/aromatic N) is 1. The average Bonchev–Trinajstić information content (AvgIpc) is 2.26. The Hall–Kier alpha value is -0.630. The van der Waals surface area contributed by atoms with Crippen molar-refractivity contribution >= 4 is 31.5 Å². The van der Waals surface area contributed by atoms with Gasteiger partial charge in [0.1, 0.15) is 0 Å². The first-order chi connectivity index (χ1) is 9.15. The van der Waals surface area contributed by atoms with E-state index in [-0.39, 0.29) is 18.0 Å². The molecule has 1 aliphatic rings. The fourth-order valence-electron chi connectivity index (χ4n) is 1.92. The maximum atomic E-state index is 12.3. The SMILES string of the molecule is CC(C)S(=O)(=O)N1CC(S(=O)(=O)c2ccc(Cl)cc2)C1. The van der Waals surface area contributed by atoms with E-state index in [1.165, 1.54) is 28.6 Å². The molecule has 0 N–H and O–H groups in total. The first kappa shape index (κ1) is 15.8. The summed E-state index contributed by atoms with van der Waals surface area (Å²) in [6, 6.07) is 5.90. The summed E-state index contributed by atoms with van der Waals surface area (Å²) in [4.78, 5) is 0.175. The van der Waals surface area contributed by atoms with Crippen LogP contribution in [0.2, 0.25) is 5.02 Å². The van der Waals surface area contributed by atoms with Gasteiger partial charge in [-0.25, -0.2) is 16.8 Å². The maximum Gasteiger partial charge on any atom is 0.216 e. The molecule has 1 saturated heterocycles. The predicted molar refractivity (Wildman–Crippen MR) is 78.1 cm³/mol. The normalized spacial score (nSPS) is 18.2. The molecule has 1 aliphatic heterocycles. The molecule has 0 radical (unpaired) electrons. The van der Waals surface area contributed by atoms with Gasteiger partial charge in [0.05, 0.1) is 15.4 Å². The van der Waals surface area contributed by atoms with Gasteiger partial charge in [-0.15, -0.1) is 0 Å². The zero-order valence-electron chi connectivity index (χ0n) is 11.2. The van der Waals surface area contributed by atoms with Crippen molar-refractivity contribution in [2.24, 2.45) is 0 Å². The van der Waals surface area contributed by atoms with Crippen molar-refractivity contribution in [1.29, 1.82) is 0 Å². The summed E-state index contributed by atoms with van der Waals surface area (Å²) < 4.78 is 49.6. The standard InChI is InChI=1S/C12H16ClNO4S2/c1-9(2)20(17,18)14-7-12(8-14)19(15,16)11-5-3-10(13)4-6-11/h3-6,9,12H,7-8H2,1-2H3. The van der Waals surface area contributed by atoms with Crippen LogP contribution in [-0.4, -0.2) is 44.7 Å². The molecule has 1 aromatic carbocycles. The molecule has 0 atom stereocenters. The second-order valence-electron chi connectivity index (χ2n) is 5.03. The van der Waals surface area contributed by atoms with Crippen molar-refractivity contribution in [3.05, 3.63) is 29.3 Å². The van der Waals surface area contributed by atoms with Crippen molar-refractivity contribution in [1.82, 2.24) is 4.31 Å². The van der Waals surface area contributed by atoms with Crippen LogP contribution in [0.1, 0.15) is 13.8 Å². The Morgan fingerprint density at radius 3 is 2.05 bits per heavy atom. The van der Waals surface area contributed by atoms with E-state index in [1.807, 2.05) is 0 Å². The molecule has 0 spiro atoms. The van der Waals surface area contributed by atoms with E-state index in [1.54, 1.807) is 13.8 Å². The van der Waals surface area contributed by atoms with Gasteiger partial charge in [0.15, 0.2) is 9.84 Å². The van der Waals surface area contributed by atoms with Gasteiger partial charge in [-0.2, -0.15) is 4.31 Å². The summed E-state index contributed by atoms with van der Waals surface area (Å²) in [5.74, 6) is 0. The monoisotopic (exact) mass is 337 g/mol. The second kappa shape index (κ2) is 5.29. The highest BCUT2D eigenvalue weighted by molar-refractivity contribution is 7.93. The Kier molecular flexibility index (Phi) is 4.17. The van der Waals surface area contributed by atoms with Crippen LogP contribution in [0.3, 0.4) is 0 Å². The minimum Gasteiger partial charge on any atom is -0.223 e. The lowest BCUT2D eigenvalue weighted by Gasteiger charge is -2.38. The zero-order chi connectivity index (χ0) is 15.1. The fourth-order valence-corrected chi connectivity index (χ4v) is 5.26. The highest BCUT2D eigenvalue weighted by atomic mass is 35.5. The lowest BCUT2D eigenvalue weighted by molar-refractivity contribution is 0.307. The highest BCUT2D eigenvalue weighted by Gasteiger charge is 2.44. The van der Waals surface area contributed by atoms with Crippen LogP contribution in [0.5, 0.6) is 0 Å². The van der Waals surface area contributed by atoms with E-state index >= 15 is 0 Å². The highest BCUT2D eigenvalue weighted by Crippen LogP contribution is 2.27. The molecular formula is C12H16ClNO4S2. The average molecular weight is 338 g/mol. The predicted octanol–water partition coefficient (Wildman–Crippen LogP) is 1.54. The Bertz CT molecular complexity index is 689. The third-order valence-corrected chi connectivity index (χ3v) is 7.92. The topological polar surface area (TPSA) is 71.5 Å². The third-order valence-electron chi connectivity index (χ3n) is 3.35. The van der Waals surface area contributed by atoms with Crippen LogP contribution in [0, 0.1) is 0 Å². The Morgan fingerprint density at radius 2 is 1.60 bits per heavy atom. The van der Waals surface area contributed by atoms with Gasteiger partial charge in [0.2, 0.25) is 10.0 Å². The number of halogens is 1. The van der Waals surface area contributed by atoms with Gasteiger partial charge in [0, 0.05) is 18.1 Å². The molecule has 0 amide bonds. The Balaban J connectivity index is 2.15. The van der Waals surface area contributed by atoms with Crippen LogP contribution in [0.4, 0.5) is 0 Å². The molecule has 112 valence electrons. The number of benzene rings is 1. The quantitative estimate of drug-likeness (QED) is 0.835. The number of sulfonamides is 1. The number of sulfone groups is 1. The van der Waals surface area contributed by atoms with Gasteiger partial charge in [-0.1, -0.05) is 11.6 Å². The maximum absolute atomic E-state index is 12.3. The van der Waals surface area contributed by atoms with E-state index < -0.39 is 30.4 Å². The summed E-state index contributed by atoms with van der Waals surface area (Å²) in [7, 11) is -6.88. The minimum absolute atomic E-state index is 0.0193. The molecule has 0 aliphatic carbocycles. The molecule has 1 fully saturated rings. The Morgan fingerprint density at radius 1 is 1.10 bits per heavy atom. The fraction of sp³-hybridized carbons (Fsp3) is 0.500. The van der Waals surface area contributed by atoms with Crippen molar-refractivity contribution < 1.29 is 16.8 Å². The third kappa shape index (κ3) is 2.72. The first-order valence-corrected chi connectivity index (χ1v) is 9.57. The first-order valence-electron chi connectivity index (χ1n) is 6.14. The van der Waals surface area contributed by atoms with Crippen LogP contribution < -0.4 is 0 Å². The van der Waals surface area contributed by atoms with Gasteiger partial charge in [-0.05, 0) is 38.1 Å². The van der Waals surface area contributed by atoms with Gasteiger partial charge in [0.25, 0.3) is 0 Å². The van der Waals surface area contributed by atoms with E-state index in [4.69, 9.17) is 11.6 Å². The molecule has 1 aromatic rings.